The fourth-order valence-corrected chi connectivity index (χ4v) is 3.18. The molecule has 3 heteroatoms. The molecule has 17 heavy (non-hydrogen) atoms. The van der Waals surface area contributed by atoms with Crippen LogP contribution in [0.25, 0.3) is 11.1 Å². The van der Waals surface area contributed by atoms with Crippen molar-refractivity contribution in [1.29, 1.82) is 0 Å². The molecule has 1 saturated carbocycles. The van der Waals surface area contributed by atoms with Crippen LogP contribution in [0.4, 0.5) is 0 Å². The van der Waals surface area contributed by atoms with Gasteiger partial charge in [-0.3, -0.25) is 0 Å². The molecule has 0 bridgehead atoms. The van der Waals surface area contributed by atoms with E-state index in [0.29, 0.717) is 5.92 Å². The third-order valence-corrected chi connectivity index (χ3v) is 4.09. The van der Waals surface area contributed by atoms with Crippen molar-refractivity contribution in [2.24, 2.45) is 0 Å². The van der Waals surface area contributed by atoms with Crippen LogP contribution < -0.4 is 0 Å². The average molecular weight is 294 g/mol. The van der Waals surface area contributed by atoms with Crippen molar-refractivity contribution < 1.29 is 4.42 Å². The van der Waals surface area contributed by atoms with Crippen LogP contribution in [0.5, 0.6) is 0 Å². The summed E-state index contributed by atoms with van der Waals surface area (Å²) in [5.41, 5.74) is 3.22. The zero-order chi connectivity index (χ0) is 11.8. The average Bonchev–Trinajstić information content (AvgIpc) is 2.95. The van der Waals surface area contributed by atoms with E-state index in [0.717, 1.165) is 27.9 Å². The minimum atomic E-state index is 0.547. The molecule has 0 atom stereocenters. The second kappa shape index (κ2) is 4.45. The van der Waals surface area contributed by atoms with Crippen molar-refractivity contribution in [3.8, 4) is 0 Å². The molecule has 1 heterocycles. The van der Waals surface area contributed by atoms with Crippen LogP contribution in [0.1, 0.15) is 50.0 Å². The molecule has 0 saturated heterocycles. The zero-order valence-electron chi connectivity index (χ0n) is 10.0. The van der Waals surface area contributed by atoms with Crippen LogP contribution in [0.2, 0.25) is 0 Å². The lowest BCUT2D eigenvalue weighted by Crippen LogP contribution is -1.90. The number of hydrogen-bond donors (Lipinski definition) is 0. The second-order valence-electron chi connectivity index (χ2n) is 4.80. The number of oxazole rings is 1. The summed E-state index contributed by atoms with van der Waals surface area (Å²) >= 11 is 3.54. The molecule has 1 aromatic carbocycles. The third kappa shape index (κ3) is 2.01. The van der Waals surface area contributed by atoms with Crippen molar-refractivity contribution in [2.45, 2.75) is 44.9 Å². The molecule has 0 spiro atoms. The molecule has 0 N–H and O–H groups in total. The topological polar surface area (TPSA) is 26.0 Å². The lowest BCUT2D eigenvalue weighted by atomic mass is 10.1. The molecule has 2 nitrogen and oxygen atoms in total. The van der Waals surface area contributed by atoms with Crippen LogP contribution in [0, 0.1) is 0 Å². The summed E-state index contributed by atoms with van der Waals surface area (Å²) in [4.78, 5) is 4.67. The zero-order valence-corrected chi connectivity index (χ0v) is 11.6. The first-order valence-corrected chi connectivity index (χ1v) is 7.16. The number of halogens is 1. The van der Waals surface area contributed by atoms with Gasteiger partial charge in [-0.1, -0.05) is 35.7 Å². The highest BCUT2D eigenvalue weighted by molar-refractivity contribution is 9.10. The summed E-state index contributed by atoms with van der Waals surface area (Å²) in [5, 5.41) is 0. The predicted molar refractivity (Wildman–Crippen MR) is 72.3 cm³/mol. The molecule has 0 amide bonds. The van der Waals surface area contributed by atoms with Gasteiger partial charge in [-0.25, -0.2) is 4.98 Å². The van der Waals surface area contributed by atoms with Crippen molar-refractivity contribution in [3.05, 3.63) is 28.1 Å². The minimum Gasteiger partial charge on any atom is -0.440 e. The molecule has 0 radical (unpaired) electrons. The third-order valence-electron chi connectivity index (χ3n) is 3.63. The first kappa shape index (κ1) is 11.3. The molecular formula is C14H16BrNO. The van der Waals surface area contributed by atoms with Crippen molar-refractivity contribution in [3.63, 3.8) is 0 Å². The van der Waals surface area contributed by atoms with Crippen molar-refractivity contribution in [2.75, 3.05) is 0 Å². The van der Waals surface area contributed by atoms with Gasteiger partial charge in [0.1, 0.15) is 5.52 Å². The Morgan fingerprint density at radius 3 is 2.82 bits per heavy atom. The SMILES string of the molecule is CCc1cc(Br)cc2nc(C3CCCC3)oc12. The van der Waals surface area contributed by atoms with Gasteiger partial charge in [-0.15, -0.1) is 0 Å². The largest absolute Gasteiger partial charge is 0.440 e. The van der Waals surface area contributed by atoms with E-state index in [1.165, 1.54) is 31.2 Å². The van der Waals surface area contributed by atoms with Gasteiger partial charge in [0, 0.05) is 10.4 Å². The Morgan fingerprint density at radius 2 is 2.12 bits per heavy atom. The van der Waals surface area contributed by atoms with E-state index in [1.807, 2.05) is 0 Å². The molecule has 1 aromatic heterocycles. The standard InChI is InChI=1S/C14H16BrNO/c1-2-9-7-11(15)8-12-13(9)17-14(16-12)10-5-3-4-6-10/h7-8,10H,2-6H2,1H3. The second-order valence-corrected chi connectivity index (χ2v) is 5.72. The predicted octanol–water partition coefficient (Wildman–Crippen LogP) is 4.81. The molecule has 90 valence electrons. The summed E-state index contributed by atoms with van der Waals surface area (Å²) in [6.07, 6.45) is 6.07. The number of fused-ring (bicyclic) bond motifs is 1. The Labute approximate surface area is 110 Å². The number of hydrogen-bond acceptors (Lipinski definition) is 2. The van der Waals surface area contributed by atoms with Crippen LogP contribution in [0.15, 0.2) is 21.0 Å². The fraction of sp³-hybridized carbons (Fsp3) is 0.500. The van der Waals surface area contributed by atoms with E-state index < -0.39 is 0 Å². The van der Waals surface area contributed by atoms with Crippen LogP contribution in [0.3, 0.4) is 0 Å². The summed E-state index contributed by atoms with van der Waals surface area (Å²) in [5.74, 6) is 1.50. The lowest BCUT2D eigenvalue weighted by Gasteiger charge is -2.01. The summed E-state index contributed by atoms with van der Waals surface area (Å²) in [7, 11) is 0. The van der Waals surface area contributed by atoms with Gasteiger partial charge in [0.05, 0.1) is 0 Å². The number of aryl methyl sites for hydroxylation is 1. The van der Waals surface area contributed by atoms with Gasteiger partial charge in [0.2, 0.25) is 0 Å². The Bertz CT molecular complexity index is 540. The Morgan fingerprint density at radius 1 is 1.35 bits per heavy atom. The van der Waals surface area contributed by atoms with E-state index >= 15 is 0 Å². The van der Waals surface area contributed by atoms with Gasteiger partial charge in [-0.05, 0) is 37.0 Å². The maximum Gasteiger partial charge on any atom is 0.198 e. The molecule has 2 aromatic rings. The highest BCUT2D eigenvalue weighted by Gasteiger charge is 2.23. The summed E-state index contributed by atoms with van der Waals surface area (Å²) in [6.45, 7) is 2.15. The highest BCUT2D eigenvalue weighted by Crippen LogP contribution is 2.36. The first-order valence-electron chi connectivity index (χ1n) is 6.36. The Kier molecular flexibility index (Phi) is 2.95. The molecule has 0 aliphatic heterocycles. The van der Waals surface area contributed by atoms with E-state index in [1.54, 1.807) is 0 Å². The van der Waals surface area contributed by atoms with Gasteiger partial charge < -0.3 is 4.42 Å². The van der Waals surface area contributed by atoms with E-state index in [2.05, 4.69) is 40.0 Å². The van der Waals surface area contributed by atoms with E-state index in [9.17, 15) is 0 Å². The molecule has 1 fully saturated rings. The number of rotatable bonds is 2. The number of benzene rings is 1. The van der Waals surface area contributed by atoms with E-state index in [4.69, 9.17) is 4.42 Å². The summed E-state index contributed by atoms with van der Waals surface area (Å²) in [6, 6.07) is 4.18. The number of nitrogens with zero attached hydrogens (tertiary/aromatic N) is 1. The maximum absolute atomic E-state index is 6.00. The quantitative estimate of drug-likeness (QED) is 0.794. The van der Waals surface area contributed by atoms with Crippen LogP contribution in [-0.2, 0) is 6.42 Å². The Hall–Kier alpha value is -0.830. The smallest absolute Gasteiger partial charge is 0.198 e. The lowest BCUT2D eigenvalue weighted by molar-refractivity contribution is 0.472. The maximum atomic E-state index is 6.00. The van der Waals surface area contributed by atoms with E-state index in [-0.39, 0.29) is 0 Å². The van der Waals surface area contributed by atoms with Crippen molar-refractivity contribution in [1.82, 2.24) is 4.98 Å². The molecule has 3 rings (SSSR count). The minimum absolute atomic E-state index is 0.547. The monoisotopic (exact) mass is 293 g/mol. The molecule has 0 unspecified atom stereocenters. The first-order chi connectivity index (χ1) is 8.28. The Balaban J connectivity index is 2.11. The van der Waals surface area contributed by atoms with Crippen LogP contribution in [-0.4, -0.2) is 4.98 Å². The van der Waals surface area contributed by atoms with Gasteiger partial charge >= 0.3 is 0 Å². The molecular weight excluding hydrogens is 278 g/mol. The fourth-order valence-electron chi connectivity index (χ4n) is 2.69. The van der Waals surface area contributed by atoms with Gasteiger partial charge in [0.15, 0.2) is 11.5 Å². The number of aromatic nitrogens is 1. The normalized spacial score (nSPS) is 17.1. The van der Waals surface area contributed by atoms with Crippen LogP contribution >= 0.6 is 15.9 Å². The molecule has 1 aliphatic carbocycles. The molecule has 1 aliphatic rings. The highest BCUT2D eigenvalue weighted by atomic mass is 79.9. The summed E-state index contributed by atoms with van der Waals surface area (Å²) < 4.78 is 7.09. The van der Waals surface area contributed by atoms with Gasteiger partial charge in [0.25, 0.3) is 0 Å². The van der Waals surface area contributed by atoms with Gasteiger partial charge in [-0.2, -0.15) is 0 Å². The van der Waals surface area contributed by atoms with Crippen molar-refractivity contribution >= 4 is 27.0 Å².